The first kappa shape index (κ1) is 20.3. The molecule has 3 aromatic rings. The molecule has 30 heavy (non-hydrogen) atoms. The lowest BCUT2D eigenvalue weighted by molar-refractivity contribution is -0.125. The number of hydroxylamine groups is 1. The standard InChI is InChI=1S/C23H19ClN2O3S/c24-21-6-2-1-5-19(21)20(13-18-4-3-11-30-18)23(28)26-10-9-15-7-8-16(22(27)25-29)12-17(15)14-26/h1-8,11-13,29H,9-10,14H2,(H,25,27). The van der Waals surface area contributed by atoms with Crippen molar-refractivity contribution in [2.75, 3.05) is 6.54 Å². The third kappa shape index (κ3) is 4.16. The van der Waals surface area contributed by atoms with Gasteiger partial charge in [0.25, 0.3) is 11.8 Å². The van der Waals surface area contributed by atoms with E-state index < -0.39 is 5.91 Å². The predicted octanol–water partition coefficient (Wildman–Crippen LogP) is 4.65. The van der Waals surface area contributed by atoms with Crippen molar-refractivity contribution in [3.05, 3.63) is 92.1 Å². The van der Waals surface area contributed by atoms with Crippen LogP contribution in [0.1, 0.15) is 31.9 Å². The molecule has 5 nitrogen and oxygen atoms in total. The average Bonchev–Trinajstić information content (AvgIpc) is 3.29. The minimum absolute atomic E-state index is 0.112. The molecule has 2 aromatic carbocycles. The number of hydrogen-bond acceptors (Lipinski definition) is 4. The molecule has 1 aromatic heterocycles. The van der Waals surface area contributed by atoms with Crippen LogP contribution < -0.4 is 5.48 Å². The van der Waals surface area contributed by atoms with E-state index in [1.54, 1.807) is 39.9 Å². The third-order valence-corrected chi connectivity index (χ3v) is 6.24. The van der Waals surface area contributed by atoms with E-state index >= 15 is 0 Å². The first-order chi connectivity index (χ1) is 14.6. The summed E-state index contributed by atoms with van der Waals surface area (Å²) in [5.41, 5.74) is 5.22. The molecule has 0 radical (unpaired) electrons. The van der Waals surface area contributed by atoms with Gasteiger partial charge in [-0.3, -0.25) is 14.8 Å². The van der Waals surface area contributed by atoms with Gasteiger partial charge >= 0.3 is 0 Å². The van der Waals surface area contributed by atoms with E-state index in [-0.39, 0.29) is 5.91 Å². The number of thiophene rings is 1. The molecule has 2 N–H and O–H groups in total. The van der Waals surface area contributed by atoms with Gasteiger partial charge in [-0.2, -0.15) is 0 Å². The first-order valence-electron chi connectivity index (χ1n) is 9.42. The fraction of sp³-hybridized carbons (Fsp3) is 0.130. The van der Waals surface area contributed by atoms with Crippen LogP contribution in [-0.4, -0.2) is 28.5 Å². The molecule has 0 unspecified atom stereocenters. The predicted molar refractivity (Wildman–Crippen MR) is 118 cm³/mol. The van der Waals surface area contributed by atoms with Crippen LogP contribution in [-0.2, 0) is 17.8 Å². The molecule has 0 fully saturated rings. The Labute approximate surface area is 183 Å². The summed E-state index contributed by atoms with van der Waals surface area (Å²) >= 11 is 7.97. The zero-order valence-electron chi connectivity index (χ0n) is 16.0. The van der Waals surface area contributed by atoms with Crippen molar-refractivity contribution in [2.24, 2.45) is 0 Å². The largest absolute Gasteiger partial charge is 0.334 e. The van der Waals surface area contributed by atoms with Crippen molar-refractivity contribution < 1.29 is 14.8 Å². The quantitative estimate of drug-likeness (QED) is 0.354. The molecule has 2 amide bonds. The van der Waals surface area contributed by atoms with E-state index in [1.807, 2.05) is 47.9 Å². The summed E-state index contributed by atoms with van der Waals surface area (Å²) in [6, 6.07) is 16.5. The van der Waals surface area contributed by atoms with E-state index in [9.17, 15) is 9.59 Å². The minimum atomic E-state index is -0.574. The molecule has 152 valence electrons. The van der Waals surface area contributed by atoms with Gasteiger partial charge in [-0.25, -0.2) is 5.48 Å². The highest BCUT2D eigenvalue weighted by Gasteiger charge is 2.26. The van der Waals surface area contributed by atoms with Crippen molar-refractivity contribution in [1.29, 1.82) is 0 Å². The lowest BCUT2D eigenvalue weighted by atomic mass is 9.95. The van der Waals surface area contributed by atoms with Crippen molar-refractivity contribution in [2.45, 2.75) is 13.0 Å². The molecule has 2 heterocycles. The van der Waals surface area contributed by atoms with E-state index in [2.05, 4.69) is 0 Å². The van der Waals surface area contributed by atoms with E-state index in [1.165, 1.54) is 0 Å². The lowest BCUT2D eigenvalue weighted by Gasteiger charge is -2.30. The number of carbonyl (C=O) groups excluding carboxylic acids is 2. The second-order valence-corrected chi connectivity index (χ2v) is 8.34. The number of nitrogens with one attached hydrogen (secondary N) is 1. The highest BCUT2D eigenvalue weighted by atomic mass is 35.5. The van der Waals surface area contributed by atoms with Crippen LogP contribution in [0.25, 0.3) is 11.6 Å². The highest BCUT2D eigenvalue weighted by molar-refractivity contribution is 7.11. The summed E-state index contributed by atoms with van der Waals surface area (Å²) in [6.45, 7) is 0.955. The number of amides is 2. The van der Waals surface area contributed by atoms with Crippen molar-refractivity contribution in [3.8, 4) is 0 Å². The third-order valence-electron chi connectivity index (χ3n) is 5.09. The molecule has 1 aliphatic rings. The zero-order chi connectivity index (χ0) is 21.1. The normalized spacial score (nSPS) is 13.7. The van der Waals surface area contributed by atoms with Gasteiger partial charge in [0.1, 0.15) is 0 Å². The number of halogens is 1. The molecule has 1 aliphatic heterocycles. The van der Waals surface area contributed by atoms with Crippen LogP contribution in [0.2, 0.25) is 5.02 Å². The average molecular weight is 439 g/mol. The molecule has 0 spiro atoms. The second kappa shape index (κ2) is 8.83. The van der Waals surface area contributed by atoms with Crippen LogP contribution in [0, 0.1) is 0 Å². The SMILES string of the molecule is O=C(NO)c1ccc2c(c1)CN(C(=O)C(=Cc1cccs1)c1ccccc1Cl)CC2. The Kier molecular flexibility index (Phi) is 5.99. The van der Waals surface area contributed by atoms with Gasteiger partial charge in [-0.15, -0.1) is 11.3 Å². The van der Waals surface area contributed by atoms with Crippen LogP contribution >= 0.6 is 22.9 Å². The molecular formula is C23H19ClN2O3S. The molecule has 0 atom stereocenters. The van der Waals surface area contributed by atoms with Crippen molar-refractivity contribution in [1.82, 2.24) is 10.4 Å². The van der Waals surface area contributed by atoms with E-state index in [0.29, 0.717) is 41.2 Å². The van der Waals surface area contributed by atoms with Crippen molar-refractivity contribution >= 4 is 46.4 Å². The molecular weight excluding hydrogens is 420 g/mol. The van der Waals surface area contributed by atoms with Gasteiger partial charge in [-0.05, 0) is 53.3 Å². The fourth-order valence-electron chi connectivity index (χ4n) is 3.56. The Morgan fingerprint density at radius 3 is 2.67 bits per heavy atom. The van der Waals surface area contributed by atoms with Crippen LogP contribution in [0.15, 0.2) is 60.0 Å². The van der Waals surface area contributed by atoms with Gasteiger partial charge in [0, 0.05) is 39.7 Å². The van der Waals surface area contributed by atoms with Crippen LogP contribution in [0.5, 0.6) is 0 Å². The Balaban J connectivity index is 1.68. The summed E-state index contributed by atoms with van der Waals surface area (Å²) in [4.78, 5) is 28.0. The number of fused-ring (bicyclic) bond motifs is 1. The monoisotopic (exact) mass is 438 g/mol. The summed E-state index contributed by atoms with van der Waals surface area (Å²) < 4.78 is 0. The summed E-state index contributed by atoms with van der Waals surface area (Å²) in [7, 11) is 0. The van der Waals surface area contributed by atoms with Gasteiger partial charge < -0.3 is 4.90 Å². The van der Waals surface area contributed by atoms with Gasteiger partial charge in [-0.1, -0.05) is 41.9 Å². The van der Waals surface area contributed by atoms with Crippen molar-refractivity contribution in [3.63, 3.8) is 0 Å². The topological polar surface area (TPSA) is 69.6 Å². The van der Waals surface area contributed by atoms with Crippen LogP contribution in [0.4, 0.5) is 0 Å². The Morgan fingerprint density at radius 2 is 1.93 bits per heavy atom. The smallest absolute Gasteiger partial charge is 0.274 e. The summed E-state index contributed by atoms with van der Waals surface area (Å²) in [5.74, 6) is -0.685. The molecule has 0 bridgehead atoms. The molecule has 4 rings (SSSR count). The van der Waals surface area contributed by atoms with Crippen LogP contribution in [0.3, 0.4) is 0 Å². The number of hydrogen-bond donors (Lipinski definition) is 2. The second-order valence-electron chi connectivity index (χ2n) is 6.95. The number of carbonyl (C=O) groups is 2. The number of nitrogens with zero attached hydrogens (tertiary/aromatic N) is 1. The molecule has 0 aliphatic carbocycles. The molecule has 0 saturated carbocycles. The number of benzene rings is 2. The van der Waals surface area contributed by atoms with Gasteiger partial charge in [0.2, 0.25) is 0 Å². The minimum Gasteiger partial charge on any atom is -0.334 e. The summed E-state index contributed by atoms with van der Waals surface area (Å²) in [5, 5.41) is 11.4. The van der Waals surface area contributed by atoms with Gasteiger partial charge in [0.05, 0.1) is 0 Å². The fourth-order valence-corrected chi connectivity index (χ4v) is 4.45. The Morgan fingerprint density at radius 1 is 1.10 bits per heavy atom. The Hall–Kier alpha value is -2.93. The Bertz CT molecular complexity index is 1130. The number of rotatable bonds is 4. The molecule has 0 saturated heterocycles. The van der Waals surface area contributed by atoms with E-state index in [0.717, 1.165) is 16.0 Å². The summed E-state index contributed by atoms with van der Waals surface area (Å²) in [6.07, 6.45) is 2.57. The maximum Gasteiger partial charge on any atom is 0.274 e. The maximum atomic E-state index is 13.5. The van der Waals surface area contributed by atoms with E-state index in [4.69, 9.17) is 16.8 Å². The molecule has 7 heteroatoms. The zero-order valence-corrected chi connectivity index (χ0v) is 17.5. The maximum absolute atomic E-state index is 13.5. The highest BCUT2D eigenvalue weighted by Crippen LogP contribution is 2.30. The van der Waals surface area contributed by atoms with Gasteiger partial charge in [0.15, 0.2) is 0 Å². The first-order valence-corrected chi connectivity index (χ1v) is 10.7. The lowest BCUT2D eigenvalue weighted by Crippen LogP contribution is -2.36.